The second-order valence-corrected chi connectivity index (χ2v) is 4.29. The molecule has 0 saturated carbocycles. The molecule has 1 aromatic rings. The molecule has 0 aromatic heterocycles. The molecule has 1 N–H and O–H groups in total. The average Bonchev–Trinajstić information content (AvgIpc) is 2.21. The van der Waals surface area contributed by atoms with Crippen molar-refractivity contribution in [2.75, 3.05) is 11.1 Å². The lowest BCUT2D eigenvalue weighted by Crippen LogP contribution is -2.11. The van der Waals surface area contributed by atoms with Crippen molar-refractivity contribution >= 4 is 17.4 Å². The molecule has 3 heteroatoms. The van der Waals surface area contributed by atoms with E-state index >= 15 is 0 Å². The van der Waals surface area contributed by atoms with E-state index < -0.39 is 0 Å². The summed E-state index contributed by atoms with van der Waals surface area (Å²) in [5.41, 5.74) is 1.000. The fraction of sp³-hybridized carbons (Fsp3) is 0.364. The summed E-state index contributed by atoms with van der Waals surface area (Å²) in [5, 5.41) is 11.7. The van der Waals surface area contributed by atoms with Gasteiger partial charge >= 0.3 is 0 Å². The number of nitrogens with zero attached hydrogens (tertiary/aromatic N) is 1. The number of nitrogens with one attached hydrogen (secondary N) is 1. The SMILES string of the molecule is CCSc1ccc(NC(C)C#N)cc1. The minimum absolute atomic E-state index is 0.139. The molecule has 1 unspecified atom stereocenters. The van der Waals surface area contributed by atoms with Gasteiger partial charge in [-0.1, -0.05) is 6.92 Å². The Labute approximate surface area is 89.3 Å². The first-order valence-corrected chi connectivity index (χ1v) is 5.64. The molecule has 1 atom stereocenters. The first kappa shape index (κ1) is 10.9. The Morgan fingerprint density at radius 1 is 1.43 bits per heavy atom. The minimum Gasteiger partial charge on any atom is -0.370 e. The van der Waals surface area contributed by atoms with Gasteiger partial charge in [0.1, 0.15) is 6.04 Å². The predicted octanol–water partition coefficient (Wildman–Crippen LogP) is 3.12. The van der Waals surface area contributed by atoms with Gasteiger partial charge in [0, 0.05) is 10.6 Å². The maximum atomic E-state index is 8.62. The van der Waals surface area contributed by atoms with Gasteiger partial charge in [0.05, 0.1) is 6.07 Å². The number of hydrogen-bond donors (Lipinski definition) is 1. The topological polar surface area (TPSA) is 35.8 Å². The highest BCUT2D eigenvalue weighted by Gasteiger charge is 1.98. The molecule has 0 spiro atoms. The van der Waals surface area contributed by atoms with Gasteiger partial charge in [-0.15, -0.1) is 11.8 Å². The van der Waals surface area contributed by atoms with Crippen molar-refractivity contribution in [3.8, 4) is 6.07 Å². The number of nitriles is 1. The zero-order valence-corrected chi connectivity index (χ0v) is 9.27. The van der Waals surface area contributed by atoms with Gasteiger partial charge in [-0.05, 0) is 36.9 Å². The molecule has 0 heterocycles. The quantitative estimate of drug-likeness (QED) is 0.769. The molecule has 1 aromatic carbocycles. The number of anilines is 1. The summed E-state index contributed by atoms with van der Waals surface area (Å²) in [4.78, 5) is 1.27. The van der Waals surface area contributed by atoms with Crippen molar-refractivity contribution < 1.29 is 0 Å². The Kier molecular flexibility index (Phi) is 4.34. The highest BCUT2D eigenvalue weighted by molar-refractivity contribution is 7.99. The minimum atomic E-state index is -0.139. The van der Waals surface area contributed by atoms with Crippen LogP contribution in [0.2, 0.25) is 0 Å². The molecule has 0 aliphatic rings. The van der Waals surface area contributed by atoms with Crippen molar-refractivity contribution in [1.82, 2.24) is 0 Å². The van der Waals surface area contributed by atoms with Crippen molar-refractivity contribution in [3.05, 3.63) is 24.3 Å². The Balaban J connectivity index is 2.60. The lowest BCUT2D eigenvalue weighted by molar-refractivity contribution is 1.01. The van der Waals surface area contributed by atoms with Crippen LogP contribution in [0.25, 0.3) is 0 Å². The van der Waals surface area contributed by atoms with E-state index in [9.17, 15) is 0 Å². The highest BCUT2D eigenvalue weighted by Crippen LogP contribution is 2.19. The summed E-state index contributed by atoms with van der Waals surface area (Å²) in [5.74, 6) is 1.08. The first-order chi connectivity index (χ1) is 6.76. The van der Waals surface area contributed by atoms with Crippen LogP contribution in [0.4, 0.5) is 5.69 Å². The van der Waals surface area contributed by atoms with Crippen LogP contribution in [0.5, 0.6) is 0 Å². The zero-order chi connectivity index (χ0) is 10.4. The second kappa shape index (κ2) is 5.56. The predicted molar refractivity (Wildman–Crippen MR) is 61.5 cm³/mol. The normalized spacial score (nSPS) is 11.8. The van der Waals surface area contributed by atoms with Gasteiger partial charge < -0.3 is 5.32 Å². The molecule has 0 aliphatic carbocycles. The van der Waals surface area contributed by atoms with Gasteiger partial charge in [-0.25, -0.2) is 0 Å². The maximum Gasteiger partial charge on any atom is 0.111 e. The van der Waals surface area contributed by atoms with Gasteiger partial charge in [-0.2, -0.15) is 5.26 Å². The standard InChI is InChI=1S/C11H14N2S/c1-3-14-11-6-4-10(5-7-11)13-9(2)8-12/h4-7,9,13H,3H2,1-2H3. The molecule has 1 rings (SSSR count). The molecule has 2 nitrogen and oxygen atoms in total. The third kappa shape index (κ3) is 3.31. The van der Waals surface area contributed by atoms with E-state index in [1.54, 1.807) is 0 Å². The van der Waals surface area contributed by atoms with E-state index in [-0.39, 0.29) is 6.04 Å². The summed E-state index contributed by atoms with van der Waals surface area (Å²) in [6.45, 7) is 3.98. The van der Waals surface area contributed by atoms with Crippen LogP contribution < -0.4 is 5.32 Å². The van der Waals surface area contributed by atoms with Gasteiger partial charge in [0.25, 0.3) is 0 Å². The van der Waals surface area contributed by atoms with Crippen molar-refractivity contribution in [2.24, 2.45) is 0 Å². The van der Waals surface area contributed by atoms with Crippen LogP contribution in [0.3, 0.4) is 0 Å². The van der Waals surface area contributed by atoms with E-state index in [1.165, 1.54) is 4.90 Å². The second-order valence-electron chi connectivity index (χ2n) is 2.95. The Morgan fingerprint density at radius 2 is 2.07 bits per heavy atom. The lowest BCUT2D eigenvalue weighted by atomic mass is 10.3. The molecule has 74 valence electrons. The summed E-state index contributed by atoms with van der Waals surface area (Å²) >= 11 is 1.82. The van der Waals surface area contributed by atoms with Crippen LogP contribution in [0.1, 0.15) is 13.8 Å². The number of hydrogen-bond acceptors (Lipinski definition) is 3. The molecule has 0 amide bonds. The van der Waals surface area contributed by atoms with Crippen LogP contribution in [-0.4, -0.2) is 11.8 Å². The van der Waals surface area contributed by atoms with Crippen LogP contribution >= 0.6 is 11.8 Å². The molecule has 14 heavy (non-hydrogen) atoms. The molecular weight excluding hydrogens is 192 g/mol. The Hall–Kier alpha value is -1.14. The molecule has 0 fully saturated rings. The van der Waals surface area contributed by atoms with Crippen LogP contribution in [-0.2, 0) is 0 Å². The van der Waals surface area contributed by atoms with Gasteiger partial charge in [-0.3, -0.25) is 0 Å². The maximum absolute atomic E-state index is 8.62. The molecule has 0 aliphatic heterocycles. The monoisotopic (exact) mass is 206 g/mol. The van der Waals surface area contributed by atoms with E-state index in [4.69, 9.17) is 5.26 Å². The largest absolute Gasteiger partial charge is 0.370 e. The fourth-order valence-electron chi connectivity index (χ4n) is 1.10. The Bertz CT molecular complexity index is 313. The van der Waals surface area contributed by atoms with E-state index in [0.29, 0.717) is 0 Å². The number of thioether (sulfide) groups is 1. The number of benzene rings is 1. The van der Waals surface area contributed by atoms with Gasteiger partial charge in [0.15, 0.2) is 0 Å². The number of rotatable bonds is 4. The molecule has 0 bridgehead atoms. The summed E-state index contributed by atoms with van der Waals surface area (Å²) in [6, 6.07) is 10.1. The van der Waals surface area contributed by atoms with Gasteiger partial charge in [0.2, 0.25) is 0 Å². The smallest absolute Gasteiger partial charge is 0.111 e. The summed E-state index contributed by atoms with van der Waals surface area (Å²) < 4.78 is 0. The van der Waals surface area contributed by atoms with Crippen LogP contribution in [0, 0.1) is 11.3 Å². The summed E-state index contributed by atoms with van der Waals surface area (Å²) in [6.07, 6.45) is 0. The summed E-state index contributed by atoms with van der Waals surface area (Å²) in [7, 11) is 0. The third-order valence-electron chi connectivity index (χ3n) is 1.74. The van der Waals surface area contributed by atoms with Crippen molar-refractivity contribution in [3.63, 3.8) is 0 Å². The van der Waals surface area contributed by atoms with E-state index in [1.807, 2.05) is 30.8 Å². The molecular formula is C11H14N2S. The van der Waals surface area contributed by atoms with Crippen molar-refractivity contribution in [2.45, 2.75) is 24.8 Å². The molecule has 0 radical (unpaired) electrons. The van der Waals surface area contributed by atoms with Crippen LogP contribution in [0.15, 0.2) is 29.2 Å². The zero-order valence-electron chi connectivity index (χ0n) is 8.45. The third-order valence-corrected chi connectivity index (χ3v) is 2.64. The highest BCUT2D eigenvalue weighted by atomic mass is 32.2. The van der Waals surface area contributed by atoms with E-state index in [0.717, 1.165) is 11.4 Å². The Morgan fingerprint density at radius 3 is 2.57 bits per heavy atom. The fourth-order valence-corrected chi connectivity index (χ4v) is 1.76. The lowest BCUT2D eigenvalue weighted by Gasteiger charge is -2.08. The van der Waals surface area contributed by atoms with E-state index in [2.05, 4.69) is 30.4 Å². The average molecular weight is 206 g/mol. The molecule has 0 saturated heterocycles. The first-order valence-electron chi connectivity index (χ1n) is 4.65. The van der Waals surface area contributed by atoms with Crippen molar-refractivity contribution in [1.29, 1.82) is 5.26 Å².